The molecule has 0 aromatic carbocycles. The minimum Gasteiger partial charge on any atom is -0.516 e. The molecule has 1 nitrogen and oxygen atoms in total. The number of allylic oxidation sites excluding steroid dienone is 1. The molecule has 8 atom stereocenters. The second-order valence-corrected chi connectivity index (χ2v) is 11.1. The third-order valence-electron chi connectivity index (χ3n) is 10.1. The van der Waals surface area contributed by atoms with Gasteiger partial charge in [0.1, 0.15) is 1.37 Å². The molecule has 0 saturated heterocycles. The minimum atomic E-state index is -3.08. The van der Waals surface area contributed by atoms with Crippen LogP contribution >= 0.6 is 0 Å². The lowest BCUT2D eigenvalue weighted by Crippen LogP contribution is -2.53. The van der Waals surface area contributed by atoms with Crippen molar-refractivity contribution in [3.63, 3.8) is 0 Å². The first kappa shape index (κ1) is 13.1. The Morgan fingerprint density at radius 2 is 1.93 bits per heavy atom. The van der Waals surface area contributed by atoms with Crippen molar-refractivity contribution in [3.8, 4) is 0 Å². The number of aliphatic hydroxyl groups excluding tert-OH is 1. The molecule has 1 heteroatoms. The van der Waals surface area contributed by atoms with Crippen LogP contribution in [0.1, 0.15) is 122 Å². The summed E-state index contributed by atoms with van der Waals surface area (Å²) in [6, 6.07) is 0. The van der Waals surface area contributed by atoms with Gasteiger partial charge in [0, 0.05) is 9.60 Å². The molecule has 4 aliphatic carbocycles. The van der Waals surface area contributed by atoms with E-state index in [9.17, 15) is 5.11 Å². The first-order chi connectivity index (χ1) is 16.5. The highest BCUT2D eigenvalue weighted by molar-refractivity contribution is 5.09. The molecule has 0 aromatic rings. The Hall–Kier alpha value is -0.460. The van der Waals surface area contributed by atoms with Crippen molar-refractivity contribution >= 4 is 0 Å². The number of hydrogen-bond acceptors (Lipinski definition) is 1. The predicted octanol–water partition coefficient (Wildman–Crippen LogP) is 8.30. The molecule has 28 heavy (non-hydrogen) atoms. The van der Waals surface area contributed by atoms with Gasteiger partial charge in [-0.15, -0.1) is 0 Å². The average Bonchev–Trinajstić information content (AvgIpc) is 3.08. The van der Waals surface area contributed by atoms with Crippen molar-refractivity contribution in [2.45, 2.75) is 111 Å². The molecule has 0 radical (unpaired) electrons. The largest absolute Gasteiger partial charge is 0.516 e. The fourth-order valence-electron chi connectivity index (χ4n) is 8.74. The molecule has 4 saturated carbocycles. The lowest BCUT2D eigenvalue weighted by atomic mass is 9.44. The molecule has 4 fully saturated rings. The second-order valence-electron chi connectivity index (χ2n) is 11.1. The summed E-state index contributed by atoms with van der Waals surface area (Å²) >= 11 is 0. The third-order valence-corrected chi connectivity index (χ3v) is 10.1. The molecule has 0 amide bonds. The van der Waals surface area contributed by atoms with E-state index >= 15 is 0 Å². The minimum absolute atomic E-state index is 0.0987. The molecule has 0 bridgehead atoms. The van der Waals surface area contributed by atoms with Crippen LogP contribution in [0.5, 0.6) is 0 Å². The molecule has 1 unspecified atom stereocenters. The van der Waals surface area contributed by atoms with Crippen molar-refractivity contribution < 1.29 is 16.1 Å². The lowest BCUT2D eigenvalue weighted by Gasteiger charge is -2.61. The molecule has 1 N–H and O–H groups in total. The van der Waals surface area contributed by atoms with Gasteiger partial charge in [-0.1, -0.05) is 40.0 Å². The van der Waals surface area contributed by atoms with Gasteiger partial charge in [-0.25, -0.2) is 0 Å². The van der Waals surface area contributed by atoms with E-state index in [0.29, 0.717) is 11.3 Å². The monoisotopic (exact) mass is 394 g/mol. The molecule has 160 valence electrons. The van der Waals surface area contributed by atoms with Crippen LogP contribution in [-0.2, 0) is 0 Å². The first-order valence-electron chi connectivity index (χ1n) is 15.9. The van der Waals surface area contributed by atoms with Crippen LogP contribution in [0.2, 0.25) is 0 Å². The molecule has 0 heterocycles. The number of rotatable bonds is 5. The van der Waals surface area contributed by atoms with Gasteiger partial charge in [0.15, 0.2) is 0 Å². The zero-order chi connectivity index (χ0) is 26.9. The van der Waals surface area contributed by atoms with E-state index in [2.05, 4.69) is 13.8 Å². The van der Waals surface area contributed by atoms with E-state index < -0.39 is 31.4 Å². The van der Waals surface area contributed by atoms with Crippen molar-refractivity contribution in [1.29, 1.82) is 0 Å². The summed E-state index contributed by atoms with van der Waals surface area (Å²) in [7, 11) is 0. The van der Waals surface area contributed by atoms with E-state index in [1.165, 1.54) is 44.9 Å². The quantitative estimate of drug-likeness (QED) is 0.465. The standard InChI is InChI=1S/C27H46O/c1-19(18-28)8-7-9-20(2)23-13-14-24-22-12-11-21-10-5-6-16-26(21,3)25(22)15-17-27(23,24)4/h18,20-25,28H,5-17H2,1-4H3/t20-,21?,22+,23-,24+,25+,26+,27-/m1/s1/i1D3,7D2,8D2,18D. The third kappa shape index (κ3) is 3.37. The summed E-state index contributed by atoms with van der Waals surface area (Å²) in [5, 5.41) is 9.68. The van der Waals surface area contributed by atoms with Crippen molar-refractivity contribution in [1.82, 2.24) is 0 Å². The number of fused-ring (bicyclic) bond motifs is 5. The van der Waals surface area contributed by atoms with Crippen LogP contribution < -0.4 is 0 Å². The van der Waals surface area contributed by atoms with E-state index in [-0.39, 0.29) is 23.7 Å². The predicted molar refractivity (Wildman–Crippen MR) is 119 cm³/mol. The maximum atomic E-state index is 9.68. The average molecular weight is 395 g/mol. The van der Waals surface area contributed by atoms with Gasteiger partial charge >= 0.3 is 0 Å². The highest BCUT2D eigenvalue weighted by Gasteiger charge is 2.59. The van der Waals surface area contributed by atoms with E-state index in [1.807, 2.05) is 6.92 Å². The first-order valence-corrected chi connectivity index (χ1v) is 11.9. The van der Waals surface area contributed by atoms with E-state index in [0.717, 1.165) is 37.0 Å². The molecule has 0 aliphatic heterocycles. The maximum absolute atomic E-state index is 9.68. The van der Waals surface area contributed by atoms with Crippen molar-refractivity contribution in [3.05, 3.63) is 11.8 Å². The fourth-order valence-corrected chi connectivity index (χ4v) is 8.74. The van der Waals surface area contributed by atoms with Gasteiger partial charge in [0.25, 0.3) is 0 Å². The zero-order valence-electron chi connectivity index (χ0n) is 26.2. The van der Waals surface area contributed by atoms with Crippen LogP contribution in [0.25, 0.3) is 0 Å². The smallest absolute Gasteiger partial charge is 0.103 e. The maximum Gasteiger partial charge on any atom is 0.103 e. The Kier molecular flexibility index (Phi) is 3.73. The second kappa shape index (κ2) is 7.99. The molecule has 0 aromatic heterocycles. The Morgan fingerprint density at radius 1 is 1.11 bits per heavy atom. The van der Waals surface area contributed by atoms with Crippen molar-refractivity contribution in [2.75, 3.05) is 0 Å². The van der Waals surface area contributed by atoms with Gasteiger partial charge in [0.2, 0.25) is 0 Å². The SMILES string of the molecule is [2H]C(O)=C(C([2H])([2H])[2H])C([2H])([2H])C([2H])([2H])C[C@@H](C)[C@H]1CC[C@H]2[C@@H]3CCC4CCCC[C@]4(C)[C@H]3CC[C@]12C. The number of aliphatic hydroxyl groups is 1. The molecule has 4 rings (SSSR count). The van der Waals surface area contributed by atoms with Gasteiger partial charge in [-0.05, 0) is 123 Å². The summed E-state index contributed by atoms with van der Waals surface area (Å²) in [5.41, 5.74) is -0.571. The highest BCUT2D eigenvalue weighted by atomic mass is 16.2. The Labute approximate surface area is 186 Å². The molecule has 0 spiro atoms. The molecular formula is C27H46O. The highest BCUT2D eigenvalue weighted by Crippen LogP contribution is 2.68. The Balaban J connectivity index is 1.53. The topological polar surface area (TPSA) is 20.2 Å². The lowest BCUT2D eigenvalue weighted by molar-refractivity contribution is -0.114. The normalized spacial score (nSPS) is 53.2. The number of hydrogen-bond donors (Lipinski definition) is 1. The molecule has 4 aliphatic rings. The fraction of sp³-hybridized carbons (Fsp3) is 0.926. The van der Waals surface area contributed by atoms with Crippen LogP contribution in [-0.4, -0.2) is 5.11 Å². The zero-order valence-corrected chi connectivity index (χ0v) is 18.2. The summed E-state index contributed by atoms with van der Waals surface area (Å²) in [6.45, 7) is 3.88. The van der Waals surface area contributed by atoms with Gasteiger partial charge in [0.05, 0.1) is 6.24 Å². The summed E-state index contributed by atoms with van der Waals surface area (Å²) < 4.78 is 64.3. The van der Waals surface area contributed by atoms with Gasteiger partial charge < -0.3 is 5.11 Å². The Bertz CT molecular complexity index is 862. The summed E-state index contributed by atoms with van der Waals surface area (Å²) in [4.78, 5) is 0. The van der Waals surface area contributed by atoms with Crippen LogP contribution in [0.4, 0.5) is 0 Å². The van der Waals surface area contributed by atoms with Crippen molar-refractivity contribution in [2.24, 2.45) is 46.3 Å². The van der Waals surface area contributed by atoms with Gasteiger partial charge in [-0.2, -0.15) is 0 Å². The van der Waals surface area contributed by atoms with Crippen LogP contribution in [0.15, 0.2) is 11.8 Å². The van der Waals surface area contributed by atoms with E-state index in [1.54, 1.807) is 0 Å². The van der Waals surface area contributed by atoms with E-state index in [4.69, 9.17) is 11.0 Å². The summed E-state index contributed by atoms with van der Waals surface area (Å²) in [5.74, 6) is 3.15. The van der Waals surface area contributed by atoms with Gasteiger partial charge in [-0.3, -0.25) is 0 Å². The Morgan fingerprint density at radius 3 is 2.71 bits per heavy atom. The molecular weight excluding hydrogens is 340 g/mol. The van der Waals surface area contributed by atoms with Crippen LogP contribution in [0, 0.1) is 46.3 Å². The summed E-state index contributed by atoms with van der Waals surface area (Å²) in [6.07, 6.45) is 5.65. The van der Waals surface area contributed by atoms with Crippen LogP contribution in [0.3, 0.4) is 0 Å².